The van der Waals surface area contributed by atoms with E-state index in [4.69, 9.17) is 0 Å². The van der Waals surface area contributed by atoms with E-state index in [1.165, 1.54) is 28.9 Å². The third-order valence-corrected chi connectivity index (χ3v) is 2.23. The lowest BCUT2D eigenvalue weighted by molar-refractivity contribution is -0.117. The van der Waals surface area contributed by atoms with E-state index in [2.05, 4.69) is 15.6 Å². The Morgan fingerprint density at radius 3 is 2.71 bits per heavy atom. The molecule has 1 amide bonds. The van der Waals surface area contributed by atoms with Gasteiger partial charge < -0.3 is 5.32 Å². The molecule has 0 aliphatic rings. The van der Waals surface area contributed by atoms with Gasteiger partial charge in [0.05, 0.1) is 11.9 Å². The minimum Gasteiger partial charge on any atom is -0.324 e. The fourth-order valence-electron chi connectivity index (χ4n) is 1.33. The summed E-state index contributed by atoms with van der Waals surface area (Å²) in [5, 5.41) is 10.1. The normalized spacial score (nSPS) is 10.2. The molecular weight excluding hydrogens is 223 g/mol. The summed E-state index contributed by atoms with van der Waals surface area (Å²) in [5.41, 5.74) is 1.36. The molecule has 17 heavy (non-hydrogen) atoms. The molecule has 0 radical (unpaired) electrons. The van der Waals surface area contributed by atoms with E-state index in [1.54, 1.807) is 6.20 Å². The Morgan fingerprint density at radius 2 is 2.12 bits per heavy atom. The molecule has 0 saturated carbocycles. The van der Waals surface area contributed by atoms with Gasteiger partial charge in [0, 0.05) is 5.69 Å². The highest BCUT2D eigenvalue weighted by Crippen LogP contribution is 2.08. The predicted octanol–water partition coefficient (Wildman–Crippen LogP) is 1.36. The standard InChI is InChI=1S/C11H11FN4O/c1-8-6-13-15-16(8)7-11(17)14-10-4-2-9(12)3-5-10/h2-6H,7H2,1H3,(H,14,17). The van der Waals surface area contributed by atoms with E-state index in [1.807, 2.05) is 6.92 Å². The van der Waals surface area contributed by atoms with Gasteiger partial charge in [-0.1, -0.05) is 5.21 Å². The first-order chi connectivity index (χ1) is 8.15. The number of halogens is 1. The molecular formula is C11H11FN4O. The summed E-state index contributed by atoms with van der Waals surface area (Å²) < 4.78 is 14.1. The minimum atomic E-state index is -0.338. The summed E-state index contributed by atoms with van der Waals surface area (Å²) in [5.74, 6) is -0.569. The number of nitrogens with one attached hydrogen (secondary N) is 1. The molecule has 0 unspecified atom stereocenters. The van der Waals surface area contributed by atoms with Crippen LogP contribution in [0.15, 0.2) is 30.5 Å². The number of aromatic nitrogens is 3. The second kappa shape index (κ2) is 4.73. The molecule has 1 N–H and O–H groups in total. The van der Waals surface area contributed by atoms with Crippen LogP contribution < -0.4 is 5.32 Å². The highest BCUT2D eigenvalue weighted by molar-refractivity contribution is 5.90. The molecule has 6 heteroatoms. The number of aryl methyl sites for hydroxylation is 1. The SMILES string of the molecule is Cc1cnnn1CC(=O)Nc1ccc(F)cc1. The summed E-state index contributed by atoms with van der Waals surface area (Å²) in [6.45, 7) is 1.90. The number of hydrogen-bond acceptors (Lipinski definition) is 3. The van der Waals surface area contributed by atoms with Gasteiger partial charge in [-0.3, -0.25) is 4.79 Å². The van der Waals surface area contributed by atoms with Crippen LogP contribution in [0.4, 0.5) is 10.1 Å². The first-order valence-corrected chi connectivity index (χ1v) is 5.05. The highest BCUT2D eigenvalue weighted by atomic mass is 19.1. The number of carbonyl (C=O) groups is 1. The molecule has 0 saturated heterocycles. The van der Waals surface area contributed by atoms with Crippen LogP contribution in [0.3, 0.4) is 0 Å². The maximum atomic E-state index is 12.6. The Morgan fingerprint density at radius 1 is 1.41 bits per heavy atom. The molecule has 1 aromatic heterocycles. The van der Waals surface area contributed by atoms with Crippen LogP contribution in [0.2, 0.25) is 0 Å². The van der Waals surface area contributed by atoms with Gasteiger partial charge in [0.2, 0.25) is 5.91 Å². The zero-order valence-electron chi connectivity index (χ0n) is 9.22. The number of anilines is 1. The van der Waals surface area contributed by atoms with E-state index in [-0.39, 0.29) is 18.3 Å². The molecule has 1 aromatic carbocycles. The van der Waals surface area contributed by atoms with Crippen molar-refractivity contribution in [3.63, 3.8) is 0 Å². The van der Waals surface area contributed by atoms with E-state index in [0.29, 0.717) is 5.69 Å². The maximum Gasteiger partial charge on any atom is 0.246 e. The van der Waals surface area contributed by atoms with Crippen LogP contribution in [0.25, 0.3) is 0 Å². The van der Waals surface area contributed by atoms with Gasteiger partial charge in [-0.05, 0) is 31.2 Å². The first-order valence-electron chi connectivity index (χ1n) is 5.05. The molecule has 0 bridgehead atoms. The second-order valence-electron chi connectivity index (χ2n) is 3.59. The second-order valence-corrected chi connectivity index (χ2v) is 3.59. The Balaban J connectivity index is 1.98. The zero-order valence-corrected chi connectivity index (χ0v) is 9.22. The lowest BCUT2D eigenvalue weighted by Crippen LogP contribution is -2.20. The van der Waals surface area contributed by atoms with Gasteiger partial charge >= 0.3 is 0 Å². The van der Waals surface area contributed by atoms with E-state index in [9.17, 15) is 9.18 Å². The molecule has 0 fully saturated rings. The third-order valence-electron chi connectivity index (χ3n) is 2.23. The van der Waals surface area contributed by atoms with Crippen molar-refractivity contribution in [2.75, 3.05) is 5.32 Å². The van der Waals surface area contributed by atoms with Crippen LogP contribution in [0.1, 0.15) is 5.69 Å². The van der Waals surface area contributed by atoms with Crippen molar-refractivity contribution < 1.29 is 9.18 Å². The van der Waals surface area contributed by atoms with E-state index >= 15 is 0 Å². The summed E-state index contributed by atoms with van der Waals surface area (Å²) in [6, 6.07) is 5.58. The van der Waals surface area contributed by atoms with Gasteiger partial charge in [-0.25, -0.2) is 9.07 Å². The topological polar surface area (TPSA) is 59.8 Å². The van der Waals surface area contributed by atoms with Crippen LogP contribution in [-0.4, -0.2) is 20.9 Å². The maximum absolute atomic E-state index is 12.6. The minimum absolute atomic E-state index is 0.0865. The van der Waals surface area contributed by atoms with Gasteiger partial charge in [0.25, 0.3) is 0 Å². The number of carbonyl (C=O) groups excluding carboxylic acids is 1. The van der Waals surface area contributed by atoms with Crippen LogP contribution in [-0.2, 0) is 11.3 Å². The number of nitrogens with zero attached hydrogens (tertiary/aromatic N) is 3. The Kier molecular flexibility index (Phi) is 3.13. The fraction of sp³-hybridized carbons (Fsp3) is 0.182. The van der Waals surface area contributed by atoms with Gasteiger partial charge in [-0.2, -0.15) is 0 Å². The summed E-state index contributed by atoms with van der Waals surface area (Å²) >= 11 is 0. The molecule has 0 aliphatic heterocycles. The average Bonchev–Trinajstić information content (AvgIpc) is 2.68. The van der Waals surface area contributed by atoms with Crippen molar-refractivity contribution in [1.29, 1.82) is 0 Å². The highest BCUT2D eigenvalue weighted by Gasteiger charge is 2.06. The van der Waals surface area contributed by atoms with Gasteiger partial charge in [0.1, 0.15) is 12.4 Å². The van der Waals surface area contributed by atoms with Crippen LogP contribution in [0.5, 0.6) is 0 Å². The predicted molar refractivity (Wildman–Crippen MR) is 59.8 cm³/mol. The molecule has 2 aromatic rings. The number of amides is 1. The van der Waals surface area contributed by atoms with Gasteiger partial charge in [0.15, 0.2) is 0 Å². The smallest absolute Gasteiger partial charge is 0.246 e. The molecule has 0 aliphatic carbocycles. The van der Waals surface area contributed by atoms with Crippen molar-refractivity contribution in [2.24, 2.45) is 0 Å². The van der Waals surface area contributed by atoms with Crippen molar-refractivity contribution in [3.8, 4) is 0 Å². The monoisotopic (exact) mass is 234 g/mol. The molecule has 5 nitrogen and oxygen atoms in total. The van der Waals surface area contributed by atoms with Crippen LogP contribution >= 0.6 is 0 Å². The first kappa shape index (κ1) is 11.3. The number of benzene rings is 1. The van der Waals surface area contributed by atoms with Crippen molar-refractivity contribution in [1.82, 2.24) is 15.0 Å². The quantitative estimate of drug-likeness (QED) is 0.872. The Hall–Kier alpha value is -2.24. The third kappa shape index (κ3) is 2.87. The van der Waals surface area contributed by atoms with Crippen molar-refractivity contribution >= 4 is 11.6 Å². The Bertz CT molecular complexity index is 521. The number of rotatable bonds is 3. The lowest BCUT2D eigenvalue weighted by atomic mass is 10.3. The van der Waals surface area contributed by atoms with E-state index < -0.39 is 0 Å². The average molecular weight is 234 g/mol. The zero-order chi connectivity index (χ0) is 12.3. The number of hydrogen-bond donors (Lipinski definition) is 1. The van der Waals surface area contributed by atoms with Gasteiger partial charge in [-0.15, -0.1) is 5.10 Å². The molecule has 0 atom stereocenters. The molecule has 2 rings (SSSR count). The fourth-order valence-corrected chi connectivity index (χ4v) is 1.33. The van der Waals surface area contributed by atoms with Crippen molar-refractivity contribution in [3.05, 3.63) is 42.0 Å². The molecule has 0 spiro atoms. The summed E-state index contributed by atoms with van der Waals surface area (Å²) in [7, 11) is 0. The van der Waals surface area contributed by atoms with E-state index in [0.717, 1.165) is 5.69 Å². The largest absolute Gasteiger partial charge is 0.324 e. The Labute approximate surface area is 97.3 Å². The molecule has 1 heterocycles. The lowest BCUT2D eigenvalue weighted by Gasteiger charge is -2.05. The summed E-state index contributed by atoms with van der Waals surface area (Å²) in [4.78, 5) is 11.6. The van der Waals surface area contributed by atoms with Crippen LogP contribution in [0, 0.1) is 12.7 Å². The van der Waals surface area contributed by atoms with Crippen molar-refractivity contribution in [2.45, 2.75) is 13.5 Å². The summed E-state index contributed by atoms with van der Waals surface area (Å²) in [6.07, 6.45) is 1.57. The molecule has 88 valence electrons.